The van der Waals surface area contributed by atoms with Crippen LogP contribution >= 0.6 is 0 Å². The number of ether oxygens (including phenoxy) is 2. The van der Waals surface area contributed by atoms with Crippen LogP contribution in [0.25, 0.3) is 0 Å². The maximum absolute atomic E-state index is 14.4. The third-order valence-corrected chi connectivity index (χ3v) is 3.99. The van der Waals surface area contributed by atoms with E-state index < -0.39 is 30.0 Å². The van der Waals surface area contributed by atoms with Crippen molar-refractivity contribution in [2.75, 3.05) is 20.2 Å². The van der Waals surface area contributed by atoms with Crippen LogP contribution in [0.2, 0.25) is 0 Å². The van der Waals surface area contributed by atoms with E-state index in [-0.39, 0.29) is 31.1 Å². The maximum atomic E-state index is 14.4. The molecule has 1 aromatic heterocycles. The summed E-state index contributed by atoms with van der Waals surface area (Å²) in [6.45, 7) is 4.54. The van der Waals surface area contributed by atoms with E-state index in [4.69, 9.17) is 9.47 Å². The van der Waals surface area contributed by atoms with Gasteiger partial charge in [-0.15, -0.1) is 0 Å². The van der Waals surface area contributed by atoms with Gasteiger partial charge < -0.3 is 19.5 Å². The zero-order valence-corrected chi connectivity index (χ0v) is 14.9. The van der Waals surface area contributed by atoms with Gasteiger partial charge in [0.25, 0.3) is 5.92 Å². The lowest BCUT2D eigenvalue weighted by Gasteiger charge is -2.39. The Morgan fingerprint density at radius 2 is 2.16 bits per heavy atom. The number of halogens is 2. The molecule has 1 saturated heterocycles. The molecule has 0 aromatic carbocycles. The lowest BCUT2D eigenvalue weighted by molar-refractivity contribution is -0.0772. The van der Waals surface area contributed by atoms with Gasteiger partial charge >= 0.3 is 6.09 Å². The number of nitrogens with zero attached hydrogens (tertiary/aromatic N) is 2. The first kappa shape index (κ1) is 19.4. The number of rotatable bonds is 3. The van der Waals surface area contributed by atoms with Crippen molar-refractivity contribution in [2.45, 2.75) is 51.2 Å². The van der Waals surface area contributed by atoms with Gasteiger partial charge in [0.1, 0.15) is 5.60 Å². The normalized spacial score (nSPS) is 20.3. The summed E-state index contributed by atoms with van der Waals surface area (Å²) in [4.78, 5) is 17.5. The van der Waals surface area contributed by atoms with E-state index >= 15 is 0 Å². The highest BCUT2D eigenvalue weighted by molar-refractivity contribution is 5.68. The molecule has 8 heteroatoms. The number of piperidine rings is 1. The fourth-order valence-corrected chi connectivity index (χ4v) is 2.75. The number of amides is 1. The zero-order valence-electron chi connectivity index (χ0n) is 14.9. The molecule has 1 amide bonds. The molecule has 1 N–H and O–H groups in total. The average molecular weight is 358 g/mol. The molecule has 2 heterocycles. The number of hydrogen-bond acceptors (Lipinski definition) is 5. The lowest BCUT2D eigenvalue weighted by atomic mass is 9.87. The highest BCUT2D eigenvalue weighted by Gasteiger charge is 2.47. The summed E-state index contributed by atoms with van der Waals surface area (Å²) in [5, 5.41) is 9.38. The number of likely N-dealkylation sites (tertiary alicyclic amines) is 1. The second-order valence-electron chi connectivity index (χ2n) is 7.09. The highest BCUT2D eigenvalue weighted by Crippen LogP contribution is 2.41. The number of pyridine rings is 1. The Hall–Kier alpha value is -1.96. The molecule has 1 fully saturated rings. The summed E-state index contributed by atoms with van der Waals surface area (Å²) in [6, 6.07) is 1.45. The second kappa shape index (κ2) is 7.11. The van der Waals surface area contributed by atoms with Gasteiger partial charge in [0.15, 0.2) is 0 Å². The molecule has 0 saturated carbocycles. The number of aromatic nitrogens is 1. The number of hydrogen-bond donors (Lipinski definition) is 1. The SMILES string of the molecule is COc1ncc([C@H]2CN(C(=O)OC(C)(C)C)CCC2(F)F)cc1CO. The molecule has 0 spiro atoms. The van der Waals surface area contributed by atoms with Gasteiger partial charge in [0.2, 0.25) is 5.88 Å². The highest BCUT2D eigenvalue weighted by atomic mass is 19.3. The molecule has 1 atom stereocenters. The first-order chi connectivity index (χ1) is 11.6. The summed E-state index contributed by atoms with van der Waals surface area (Å²) in [5.41, 5.74) is -0.119. The van der Waals surface area contributed by atoms with Gasteiger partial charge in [-0.2, -0.15) is 0 Å². The van der Waals surface area contributed by atoms with Crippen LogP contribution in [-0.2, 0) is 11.3 Å². The van der Waals surface area contributed by atoms with Crippen molar-refractivity contribution < 1.29 is 28.2 Å². The van der Waals surface area contributed by atoms with E-state index in [9.17, 15) is 18.7 Å². The molecule has 0 unspecified atom stereocenters. The molecule has 140 valence electrons. The van der Waals surface area contributed by atoms with Gasteiger partial charge in [-0.05, 0) is 32.4 Å². The van der Waals surface area contributed by atoms with Crippen molar-refractivity contribution in [3.63, 3.8) is 0 Å². The van der Waals surface area contributed by atoms with E-state index in [0.717, 1.165) is 0 Å². The number of aliphatic hydroxyl groups excluding tert-OH is 1. The van der Waals surface area contributed by atoms with Crippen LogP contribution < -0.4 is 4.74 Å². The largest absolute Gasteiger partial charge is 0.481 e. The van der Waals surface area contributed by atoms with Crippen LogP contribution in [0, 0.1) is 0 Å². The van der Waals surface area contributed by atoms with E-state index in [1.54, 1.807) is 20.8 Å². The molecule has 0 radical (unpaired) electrons. The molecule has 1 aliphatic heterocycles. The Balaban J connectivity index is 2.26. The number of aliphatic hydroxyl groups is 1. The Morgan fingerprint density at radius 1 is 1.48 bits per heavy atom. The Labute approximate surface area is 145 Å². The molecular formula is C17H24F2N2O4. The van der Waals surface area contributed by atoms with Gasteiger partial charge in [-0.25, -0.2) is 18.6 Å². The van der Waals surface area contributed by atoms with Crippen molar-refractivity contribution in [1.29, 1.82) is 0 Å². The van der Waals surface area contributed by atoms with Gasteiger partial charge in [-0.1, -0.05) is 0 Å². The minimum atomic E-state index is -2.98. The van der Waals surface area contributed by atoms with Crippen molar-refractivity contribution >= 4 is 6.09 Å². The summed E-state index contributed by atoms with van der Waals surface area (Å²) >= 11 is 0. The summed E-state index contributed by atoms with van der Waals surface area (Å²) in [6.07, 6.45) is 0.226. The quantitative estimate of drug-likeness (QED) is 0.899. The van der Waals surface area contributed by atoms with Gasteiger partial charge in [-0.3, -0.25) is 0 Å². The van der Waals surface area contributed by atoms with Crippen molar-refractivity contribution in [3.05, 3.63) is 23.4 Å². The molecular weight excluding hydrogens is 334 g/mol. The fourth-order valence-electron chi connectivity index (χ4n) is 2.75. The third-order valence-electron chi connectivity index (χ3n) is 3.99. The monoisotopic (exact) mass is 358 g/mol. The molecule has 0 aliphatic carbocycles. The predicted molar refractivity (Wildman–Crippen MR) is 86.8 cm³/mol. The van der Waals surface area contributed by atoms with Crippen LogP contribution in [-0.4, -0.2) is 52.8 Å². The van der Waals surface area contributed by atoms with Crippen LogP contribution in [0.15, 0.2) is 12.3 Å². The minimum absolute atomic E-state index is 0.0745. The predicted octanol–water partition coefficient (Wildman–Crippen LogP) is 2.94. The molecule has 1 aliphatic rings. The number of methoxy groups -OCH3 is 1. The smallest absolute Gasteiger partial charge is 0.410 e. The van der Waals surface area contributed by atoms with E-state index in [1.165, 1.54) is 24.3 Å². The van der Waals surface area contributed by atoms with E-state index in [2.05, 4.69) is 4.98 Å². The molecule has 1 aromatic rings. The van der Waals surface area contributed by atoms with Crippen LogP contribution in [0.4, 0.5) is 13.6 Å². The Bertz CT molecular complexity index is 632. The Kier molecular flexibility index (Phi) is 5.51. The molecule has 25 heavy (non-hydrogen) atoms. The minimum Gasteiger partial charge on any atom is -0.481 e. The average Bonchev–Trinajstić information content (AvgIpc) is 2.52. The van der Waals surface area contributed by atoms with Crippen LogP contribution in [0.3, 0.4) is 0 Å². The van der Waals surface area contributed by atoms with E-state index in [0.29, 0.717) is 5.56 Å². The number of alkyl halides is 2. The molecule has 6 nitrogen and oxygen atoms in total. The second-order valence-corrected chi connectivity index (χ2v) is 7.09. The van der Waals surface area contributed by atoms with Crippen molar-refractivity contribution in [1.82, 2.24) is 9.88 Å². The lowest BCUT2D eigenvalue weighted by Crippen LogP contribution is -2.49. The standard InChI is InChI=1S/C17H24F2N2O4/c1-16(2,3)25-15(23)21-6-5-17(18,19)13(9-21)11-7-12(10-22)14(24-4)20-8-11/h7-8,13,22H,5-6,9-10H2,1-4H3/t13-/m1/s1. The van der Waals surface area contributed by atoms with Crippen LogP contribution in [0.1, 0.15) is 44.2 Å². The molecule has 2 rings (SSSR count). The topological polar surface area (TPSA) is 71.9 Å². The summed E-state index contributed by atoms with van der Waals surface area (Å²) < 4.78 is 39.2. The Morgan fingerprint density at radius 3 is 2.72 bits per heavy atom. The van der Waals surface area contributed by atoms with Crippen molar-refractivity contribution in [3.8, 4) is 5.88 Å². The van der Waals surface area contributed by atoms with Crippen molar-refractivity contribution in [2.24, 2.45) is 0 Å². The zero-order chi connectivity index (χ0) is 18.8. The van der Waals surface area contributed by atoms with E-state index in [1.807, 2.05) is 0 Å². The number of carbonyl (C=O) groups excluding carboxylic acids is 1. The fraction of sp³-hybridized carbons (Fsp3) is 0.647. The maximum Gasteiger partial charge on any atom is 0.410 e. The first-order valence-corrected chi connectivity index (χ1v) is 8.07. The first-order valence-electron chi connectivity index (χ1n) is 8.07. The van der Waals surface area contributed by atoms with Gasteiger partial charge in [0, 0.05) is 31.3 Å². The third kappa shape index (κ3) is 4.56. The number of carbonyl (C=O) groups is 1. The summed E-state index contributed by atoms with van der Waals surface area (Å²) in [7, 11) is 1.39. The van der Waals surface area contributed by atoms with Gasteiger partial charge in [0.05, 0.1) is 19.6 Å². The van der Waals surface area contributed by atoms with Crippen LogP contribution in [0.5, 0.6) is 5.88 Å². The summed E-state index contributed by atoms with van der Waals surface area (Å²) in [5.74, 6) is -4.02. The molecule has 0 bridgehead atoms.